The molecule has 6 heteroatoms. The predicted octanol–water partition coefficient (Wildman–Crippen LogP) is 1.71. The van der Waals surface area contributed by atoms with Crippen molar-refractivity contribution in [2.24, 2.45) is 5.92 Å². The van der Waals surface area contributed by atoms with E-state index in [0.717, 1.165) is 12.2 Å². The summed E-state index contributed by atoms with van der Waals surface area (Å²) in [5.74, 6) is 0.812. The van der Waals surface area contributed by atoms with E-state index in [9.17, 15) is 9.59 Å². The summed E-state index contributed by atoms with van der Waals surface area (Å²) >= 11 is 0. The van der Waals surface area contributed by atoms with Crippen LogP contribution in [0.4, 0.5) is 0 Å². The van der Waals surface area contributed by atoms with Crippen molar-refractivity contribution in [1.29, 1.82) is 0 Å². The van der Waals surface area contributed by atoms with Crippen LogP contribution in [0.1, 0.15) is 50.6 Å². The number of carbonyl (C=O) groups is 2. The zero-order valence-corrected chi connectivity index (χ0v) is 14.1. The molecule has 2 heterocycles. The Morgan fingerprint density at radius 2 is 2.08 bits per heavy atom. The molecule has 1 saturated carbocycles. The molecule has 1 N–H and O–H groups in total. The first kappa shape index (κ1) is 16.9. The number of hydrogen-bond acceptors (Lipinski definition) is 4. The maximum atomic E-state index is 12.2. The fourth-order valence-corrected chi connectivity index (χ4v) is 3.73. The molecule has 0 unspecified atom stereocenters. The Kier molecular flexibility index (Phi) is 5.77. The molecular formula is C18H26N4O2. The van der Waals surface area contributed by atoms with Crippen molar-refractivity contribution in [1.82, 2.24) is 20.2 Å². The third-order valence-corrected chi connectivity index (χ3v) is 5.01. The topological polar surface area (TPSA) is 75.2 Å². The summed E-state index contributed by atoms with van der Waals surface area (Å²) < 4.78 is 0. The van der Waals surface area contributed by atoms with Crippen LogP contribution in [-0.2, 0) is 16.0 Å². The normalized spacial score (nSPS) is 21.9. The lowest BCUT2D eigenvalue weighted by Gasteiger charge is -2.27. The molecule has 6 nitrogen and oxygen atoms in total. The van der Waals surface area contributed by atoms with Crippen molar-refractivity contribution < 1.29 is 9.59 Å². The van der Waals surface area contributed by atoms with E-state index < -0.39 is 0 Å². The van der Waals surface area contributed by atoms with E-state index in [2.05, 4.69) is 15.3 Å². The quantitative estimate of drug-likeness (QED) is 0.861. The van der Waals surface area contributed by atoms with Gasteiger partial charge in [0, 0.05) is 44.5 Å². The second kappa shape index (κ2) is 8.22. The van der Waals surface area contributed by atoms with E-state index in [0.29, 0.717) is 31.7 Å². The summed E-state index contributed by atoms with van der Waals surface area (Å²) in [6.07, 6.45) is 12.7. The van der Waals surface area contributed by atoms with Crippen molar-refractivity contribution in [3.63, 3.8) is 0 Å². The van der Waals surface area contributed by atoms with Crippen LogP contribution >= 0.6 is 0 Å². The molecular weight excluding hydrogens is 304 g/mol. The van der Waals surface area contributed by atoms with Gasteiger partial charge in [0.2, 0.25) is 11.8 Å². The monoisotopic (exact) mass is 330 g/mol. The maximum Gasteiger partial charge on any atom is 0.224 e. The minimum Gasteiger partial charge on any atom is -0.351 e. The van der Waals surface area contributed by atoms with Crippen molar-refractivity contribution >= 4 is 11.8 Å². The van der Waals surface area contributed by atoms with Gasteiger partial charge < -0.3 is 10.2 Å². The number of carbonyl (C=O) groups excluding carboxylic acids is 2. The second-order valence-corrected chi connectivity index (χ2v) is 6.97. The molecule has 2 amide bonds. The third-order valence-electron chi connectivity index (χ3n) is 5.01. The van der Waals surface area contributed by atoms with Gasteiger partial charge in [0.25, 0.3) is 0 Å². The van der Waals surface area contributed by atoms with Crippen LogP contribution < -0.4 is 5.32 Å². The molecule has 1 aliphatic heterocycles. The first-order chi connectivity index (χ1) is 11.7. The largest absolute Gasteiger partial charge is 0.351 e. The van der Waals surface area contributed by atoms with Crippen molar-refractivity contribution in [3.8, 4) is 0 Å². The maximum absolute atomic E-state index is 12.2. The highest BCUT2D eigenvalue weighted by molar-refractivity contribution is 5.82. The smallest absolute Gasteiger partial charge is 0.224 e. The number of rotatable bonds is 6. The molecule has 0 spiro atoms. The molecule has 1 aromatic heterocycles. The molecule has 130 valence electrons. The third kappa shape index (κ3) is 4.76. The lowest BCUT2D eigenvalue weighted by Crippen LogP contribution is -2.38. The van der Waals surface area contributed by atoms with Crippen LogP contribution in [0.2, 0.25) is 0 Å². The van der Waals surface area contributed by atoms with Gasteiger partial charge in [-0.1, -0.05) is 19.3 Å². The molecule has 24 heavy (non-hydrogen) atoms. The molecule has 2 fully saturated rings. The van der Waals surface area contributed by atoms with Gasteiger partial charge in [-0.3, -0.25) is 19.6 Å². The van der Waals surface area contributed by atoms with Crippen molar-refractivity contribution in [2.45, 2.75) is 57.4 Å². The van der Waals surface area contributed by atoms with Gasteiger partial charge in [-0.15, -0.1) is 0 Å². The van der Waals surface area contributed by atoms with Gasteiger partial charge in [0.05, 0.1) is 11.7 Å². The van der Waals surface area contributed by atoms with E-state index in [1.165, 1.54) is 32.1 Å². The zero-order valence-electron chi connectivity index (χ0n) is 14.1. The minimum absolute atomic E-state index is 0.0158. The van der Waals surface area contributed by atoms with Crippen LogP contribution in [0.3, 0.4) is 0 Å². The molecule has 2 aliphatic rings. The first-order valence-corrected chi connectivity index (χ1v) is 9.03. The predicted molar refractivity (Wildman–Crippen MR) is 90.1 cm³/mol. The Bertz CT molecular complexity index is 557. The second-order valence-electron chi connectivity index (χ2n) is 6.97. The summed E-state index contributed by atoms with van der Waals surface area (Å²) in [6.45, 7) is 1.52. The van der Waals surface area contributed by atoms with E-state index in [4.69, 9.17) is 0 Å². The molecule has 3 rings (SSSR count). The average Bonchev–Trinajstić information content (AvgIpc) is 2.94. The summed E-state index contributed by atoms with van der Waals surface area (Å²) in [6, 6.07) is -0.0459. The summed E-state index contributed by atoms with van der Waals surface area (Å²) in [5.41, 5.74) is 0.814. The molecule has 0 bridgehead atoms. The highest BCUT2D eigenvalue weighted by Crippen LogP contribution is 2.26. The molecule has 1 aliphatic carbocycles. The zero-order chi connectivity index (χ0) is 16.8. The standard InChI is InChI=1S/C18H26N4O2/c23-17(7-6-15-11-19-8-9-20-15)21-16-10-18(24)22(13-16)12-14-4-2-1-3-5-14/h8-9,11,14,16H,1-7,10,12-13H2,(H,21,23)/t16-/m1/s1. The van der Waals surface area contributed by atoms with Gasteiger partial charge in [-0.25, -0.2) is 0 Å². The van der Waals surface area contributed by atoms with Crippen LogP contribution in [0.15, 0.2) is 18.6 Å². The molecule has 1 atom stereocenters. The summed E-state index contributed by atoms with van der Waals surface area (Å²) in [5, 5.41) is 3.00. The van der Waals surface area contributed by atoms with E-state index in [-0.39, 0.29) is 17.9 Å². The first-order valence-electron chi connectivity index (χ1n) is 9.03. The fourth-order valence-electron chi connectivity index (χ4n) is 3.73. The Morgan fingerprint density at radius 1 is 1.25 bits per heavy atom. The molecule has 1 aromatic rings. The molecule has 0 radical (unpaired) electrons. The van der Waals surface area contributed by atoms with Crippen molar-refractivity contribution in [2.75, 3.05) is 13.1 Å². The Morgan fingerprint density at radius 3 is 2.83 bits per heavy atom. The van der Waals surface area contributed by atoms with Gasteiger partial charge in [0.15, 0.2) is 0 Å². The van der Waals surface area contributed by atoms with E-state index in [1.54, 1.807) is 18.6 Å². The number of aromatic nitrogens is 2. The number of amides is 2. The van der Waals surface area contributed by atoms with Gasteiger partial charge >= 0.3 is 0 Å². The van der Waals surface area contributed by atoms with Crippen LogP contribution in [0.5, 0.6) is 0 Å². The van der Waals surface area contributed by atoms with Crippen molar-refractivity contribution in [3.05, 3.63) is 24.3 Å². The number of nitrogens with one attached hydrogen (secondary N) is 1. The fraction of sp³-hybridized carbons (Fsp3) is 0.667. The Labute approximate surface area is 143 Å². The average molecular weight is 330 g/mol. The van der Waals surface area contributed by atoms with E-state index in [1.807, 2.05) is 4.90 Å². The van der Waals surface area contributed by atoms with Gasteiger partial charge in [-0.2, -0.15) is 0 Å². The Balaban J connectivity index is 1.41. The molecule has 0 aromatic carbocycles. The van der Waals surface area contributed by atoms with Gasteiger partial charge in [0.1, 0.15) is 0 Å². The van der Waals surface area contributed by atoms with Crippen LogP contribution in [0, 0.1) is 5.92 Å². The lowest BCUT2D eigenvalue weighted by atomic mass is 9.89. The van der Waals surface area contributed by atoms with Crippen LogP contribution in [-0.4, -0.2) is 45.8 Å². The highest BCUT2D eigenvalue weighted by Gasteiger charge is 2.32. The number of nitrogens with zero attached hydrogens (tertiary/aromatic N) is 3. The van der Waals surface area contributed by atoms with E-state index >= 15 is 0 Å². The van der Waals surface area contributed by atoms with Gasteiger partial charge in [-0.05, 0) is 25.2 Å². The lowest BCUT2D eigenvalue weighted by molar-refractivity contribution is -0.128. The van der Waals surface area contributed by atoms with Crippen LogP contribution in [0.25, 0.3) is 0 Å². The Hall–Kier alpha value is -1.98. The minimum atomic E-state index is -0.0459. The SMILES string of the molecule is O=C(CCc1cnccn1)N[C@@H]1CC(=O)N(CC2CCCCC2)C1. The highest BCUT2D eigenvalue weighted by atomic mass is 16.2. The number of hydrogen-bond donors (Lipinski definition) is 1. The summed E-state index contributed by atoms with van der Waals surface area (Å²) in [4.78, 5) is 34.4. The number of likely N-dealkylation sites (tertiary alicyclic amines) is 1. The number of aryl methyl sites for hydroxylation is 1. The molecule has 1 saturated heterocycles. The summed E-state index contributed by atoms with van der Waals surface area (Å²) in [7, 11) is 0.